The van der Waals surface area contributed by atoms with Crippen LogP contribution in [0.2, 0.25) is 0 Å². The third kappa shape index (κ3) is 7.36. The number of hydrogen-bond acceptors (Lipinski definition) is 13. The standard InChI is InChI=1S/C18H18N6O8S3.2Na/c25-13(9-4-2-1-3-5-9)14(26)19-11-15(27)24-12(17(28)29)10(6-33-16(11)24)7-34-18-20-21-22-23(18)8-35(30,31)32;;/h1-5,11,13,16,25H,6-8H2,(H,19,26)(H,28,29)(H,30,31,32);;/q;2*+1/p-2/t11?,13-,16-;;/m1../s1. The molecule has 2 aliphatic heterocycles. The van der Waals surface area contributed by atoms with Crippen LogP contribution in [0.15, 0.2) is 46.8 Å². The monoisotopic (exact) mass is 586 g/mol. The molecule has 1 fully saturated rings. The number of amides is 2. The van der Waals surface area contributed by atoms with Gasteiger partial charge in [-0.25, -0.2) is 13.1 Å². The second kappa shape index (κ2) is 13.4. The summed E-state index contributed by atoms with van der Waals surface area (Å²) in [5, 5.41) is 34.2. The van der Waals surface area contributed by atoms with E-state index in [4.69, 9.17) is 0 Å². The zero-order valence-corrected chi connectivity index (χ0v) is 26.0. The minimum absolute atomic E-state index is 0. The Labute approximate surface area is 263 Å². The number of carboxylic acid groups (broad SMARTS) is 1. The van der Waals surface area contributed by atoms with Gasteiger partial charge in [0.2, 0.25) is 5.16 Å². The normalized spacial score (nSPS) is 19.6. The van der Waals surface area contributed by atoms with Crippen molar-refractivity contribution in [3.8, 4) is 0 Å². The van der Waals surface area contributed by atoms with E-state index < -0.39 is 51.3 Å². The molecule has 2 amide bonds. The summed E-state index contributed by atoms with van der Waals surface area (Å²) in [4.78, 5) is 38.0. The Kier molecular flexibility index (Phi) is 11.7. The van der Waals surface area contributed by atoms with E-state index in [9.17, 15) is 37.6 Å². The summed E-state index contributed by atoms with van der Waals surface area (Å²) in [5.74, 6) is -3.95. The van der Waals surface area contributed by atoms with Crippen molar-refractivity contribution in [3.05, 3.63) is 47.2 Å². The maximum atomic E-state index is 12.7. The molecule has 2 aromatic rings. The Balaban J connectivity index is 0.00000241. The topological polar surface area (TPSA) is 211 Å². The summed E-state index contributed by atoms with van der Waals surface area (Å²) in [7, 11) is -4.66. The number of carboxylic acids is 1. The Morgan fingerprint density at radius 3 is 2.57 bits per heavy atom. The number of carbonyl (C=O) groups excluding carboxylic acids is 3. The average Bonchev–Trinajstić information content (AvgIpc) is 3.25. The quantitative estimate of drug-likeness (QED) is 0.121. The van der Waals surface area contributed by atoms with Crippen molar-refractivity contribution < 1.29 is 96.7 Å². The molecule has 1 aromatic carbocycles. The van der Waals surface area contributed by atoms with E-state index in [-0.39, 0.29) is 81.5 Å². The van der Waals surface area contributed by atoms with Crippen LogP contribution in [-0.4, -0.2) is 83.9 Å². The number of aromatic nitrogens is 4. The molecule has 0 saturated carbocycles. The number of nitrogens with one attached hydrogen (secondary N) is 1. The zero-order valence-electron chi connectivity index (χ0n) is 19.5. The van der Waals surface area contributed by atoms with Gasteiger partial charge in [0.05, 0.1) is 11.7 Å². The second-order valence-electron chi connectivity index (χ2n) is 7.39. The molecule has 2 aliphatic rings. The van der Waals surface area contributed by atoms with Crippen molar-refractivity contribution >= 4 is 51.4 Å². The van der Waals surface area contributed by atoms with Crippen molar-refractivity contribution in [2.75, 3.05) is 11.5 Å². The fourth-order valence-electron chi connectivity index (χ4n) is 3.48. The molecule has 4 rings (SSSR count). The van der Waals surface area contributed by atoms with Crippen LogP contribution in [0, 0.1) is 0 Å². The zero-order chi connectivity index (χ0) is 25.3. The summed E-state index contributed by atoms with van der Waals surface area (Å²) in [5.41, 5.74) is 0.265. The van der Waals surface area contributed by atoms with E-state index in [0.717, 1.165) is 21.3 Å². The number of rotatable bonds is 9. The predicted molar refractivity (Wildman–Crippen MR) is 117 cm³/mol. The molecule has 0 bridgehead atoms. The molecule has 0 spiro atoms. The number of aliphatic hydroxyl groups is 1. The second-order valence-corrected chi connectivity index (χ2v) is 10.8. The average molecular weight is 587 g/mol. The summed E-state index contributed by atoms with van der Waals surface area (Å²) < 4.78 is 33.7. The molecule has 1 unspecified atom stereocenters. The van der Waals surface area contributed by atoms with Crippen LogP contribution in [-0.2, 0) is 30.4 Å². The van der Waals surface area contributed by atoms with E-state index in [1.54, 1.807) is 30.3 Å². The maximum Gasteiger partial charge on any atom is 1.00 e. The van der Waals surface area contributed by atoms with Gasteiger partial charge in [0, 0.05) is 11.5 Å². The molecule has 37 heavy (non-hydrogen) atoms. The van der Waals surface area contributed by atoms with Crippen molar-refractivity contribution in [1.82, 2.24) is 30.4 Å². The van der Waals surface area contributed by atoms with E-state index in [2.05, 4.69) is 20.8 Å². The first-order valence-electron chi connectivity index (χ1n) is 9.81. The number of nitrogens with zero attached hydrogens (tertiary/aromatic N) is 5. The van der Waals surface area contributed by atoms with E-state index in [1.165, 1.54) is 11.8 Å². The van der Waals surface area contributed by atoms with Crippen LogP contribution in [0.4, 0.5) is 0 Å². The Hall–Kier alpha value is -0.990. The van der Waals surface area contributed by atoms with Crippen LogP contribution in [0.3, 0.4) is 0 Å². The van der Waals surface area contributed by atoms with E-state index in [1.807, 2.05) is 0 Å². The van der Waals surface area contributed by atoms with Crippen LogP contribution in [0.5, 0.6) is 0 Å². The third-order valence-electron chi connectivity index (χ3n) is 5.06. The minimum atomic E-state index is -4.66. The van der Waals surface area contributed by atoms with Gasteiger partial charge in [-0.05, 0) is 21.6 Å². The molecule has 19 heteroatoms. The first-order valence-corrected chi connectivity index (χ1v) is 13.4. The fraction of sp³-hybridized carbons (Fsp3) is 0.333. The van der Waals surface area contributed by atoms with Gasteiger partial charge in [-0.3, -0.25) is 14.5 Å². The van der Waals surface area contributed by atoms with Crippen molar-refractivity contribution in [2.45, 2.75) is 28.6 Å². The fourth-order valence-corrected chi connectivity index (χ4v) is 6.40. The number of aliphatic carboxylic acids is 1. The van der Waals surface area contributed by atoms with Crippen molar-refractivity contribution in [1.29, 1.82) is 0 Å². The number of aliphatic hydroxyl groups excluding tert-OH is 1. The number of benzene rings is 1. The van der Waals surface area contributed by atoms with Crippen LogP contribution in [0.25, 0.3) is 0 Å². The van der Waals surface area contributed by atoms with Gasteiger partial charge in [0.25, 0.3) is 11.8 Å². The minimum Gasteiger partial charge on any atom is -0.747 e. The van der Waals surface area contributed by atoms with Crippen LogP contribution >= 0.6 is 23.5 Å². The molecule has 3 heterocycles. The Morgan fingerprint density at radius 1 is 1.27 bits per heavy atom. The Morgan fingerprint density at radius 2 is 1.95 bits per heavy atom. The largest absolute Gasteiger partial charge is 1.00 e. The maximum absolute atomic E-state index is 12.7. The molecule has 3 atom stereocenters. The van der Waals surface area contributed by atoms with Gasteiger partial charge in [-0.15, -0.1) is 16.9 Å². The van der Waals surface area contributed by atoms with Gasteiger partial charge in [0.15, 0.2) is 6.10 Å². The van der Waals surface area contributed by atoms with E-state index >= 15 is 0 Å². The number of thioether (sulfide) groups is 2. The third-order valence-corrected chi connectivity index (χ3v) is 8.00. The van der Waals surface area contributed by atoms with Crippen LogP contribution in [0.1, 0.15) is 11.7 Å². The first kappa shape index (κ1) is 32.2. The molecule has 0 aliphatic carbocycles. The van der Waals surface area contributed by atoms with Gasteiger partial charge in [-0.1, -0.05) is 42.1 Å². The molecule has 1 saturated heterocycles. The molecular formula is C18H16N6Na2O8S3. The van der Waals surface area contributed by atoms with Gasteiger partial charge < -0.3 is 24.9 Å². The Bertz CT molecular complexity index is 1310. The molecule has 0 radical (unpaired) electrons. The number of hydrogen-bond donors (Lipinski definition) is 2. The van der Waals surface area contributed by atoms with Crippen molar-refractivity contribution in [2.24, 2.45) is 0 Å². The summed E-state index contributed by atoms with van der Waals surface area (Å²) in [6.45, 7) is 0. The summed E-state index contributed by atoms with van der Waals surface area (Å²) >= 11 is 2.08. The number of carbonyl (C=O) groups is 3. The van der Waals surface area contributed by atoms with Crippen LogP contribution < -0.4 is 69.5 Å². The molecule has 186 valence electrons. The molecule has 14 nitrogen and oxygen atoms in total. The summed E-state index contributed by atoms with van der Waals surface area (Å²) in [6.07, 6.45) is -1.50. The molecule has 2 N–H and O–H groups in total. The van der Waals surface area contributed by atoms with E-state index in [0.29, 0.717) is 11.1 Å². The van der Waals surface area contributed by atoms with Gasteiger partial charge >= 0.3 is 59.1 Å². The van der Waals surface area contributed by atoms with Gasteiger partial charge in [-0.2, -0.15) is 0 Å². The summed E-state index contributed by atoms with van der Waals surface area (Å²) in [6, 6.07) is 7.08. The SMILES string of the molecule is O=C([O-])C1=C(CSc2nnnn2CS(=O)(=O)[O-])CS[C@@H]2C(NC(=O)[C@H](O)c3ccccc3)C(=O)N12.[Na+].[Na+]. The molecular weight excluding hydrogens is 570 g/mol. The molecule has 1 aromatic heterocycles. The smallest absolute Gasteiger partial charge is 0.747 e. The number of fused-ring (bicyclic) bond motifs is 1. The predicted octanol–water partition coefficient (Wildman–Crippen LogP) is -8.59. The van der Waals surface area contributed by atoms with Gasteiger partial charge in [0.1, 0.15) is 27.4 Å². The number of tetrazole rings is 1. The number of β-lactam (4-membered cyclic amide) rings is 1. The van der Waals surface area contributed by atoms with Crippen molar-refractivity contribution in [3.63, 3.8) is 0 Å². The first-order chi connectivity index (χ1) is 16.6.